The van der Waals surface area contributed by atoms with Crippen LogP contribution < -0.4 is 4.90 Å². The Labute approximate surface area is 203 Å². The van der Waals surface area contributed by atoms with Crippen LogP contribution in [0.4, 0.5) is 5.88 Å². The lowest BCUT2D eigenvalue weighted by atomic mass is 10.0. The van der Waals surface area contributed by atoms with E-state index in [0.717, 1.165) is 68.1 Å². The molecule has 2 fully saturated rings. The molecular formula is C27H39N3O4. The lowest BCUT2D eigenvalue weighted by Crippen LogP contribution is -2.40. The Morgan fingerprint density at radius 1 is 1.26 bits per heavy atom. The Balaban J connectivity index is 1.61. The molecule has 7 nitrogen and oxygen atoms in total. The Bertz CT molecular complexity index is 881. The maximum Gasteiger partial charge on any atom is 0.232 e. The van der Waals surface area contributed by atoms with Crippen molar-refractivity contribution in [3.8, 4) is 11.3 Å². The maximum atomic E-state index is 10.7. The Morgan fingerprint density at radius 2 is 2.12 bits per heavy atom. The summed E-state index contributed by atoms with van der Waals surface area (Å²) in [5.74, 6) is 0.862. The van der Waals surface area contributed by atoms with Gasteiger partial charge in [0, 0.05) is 44.4 Å². The standard InChI is InChI=1S/C27H39N3O4/c1-3-15-32-20-23(31)17-29(18-24-13-9-16-33-24)19-25-26(22-11-5-4-6-12-22)28-34-27(25)30-14-8-7-10-21(30)2/h3-6,11-12,21,23-24,31H,1,7-10,13-20H2,2H3. The molecule has 3 atom stereocenters. The highest BCUT2D eigenvalue weighted by Gasteiger charge is 2.30. The monoisotopic (exact) mass is 469 g/mol. The number of benzene rings is 1. The summed E-state index contributed by atoms with van der Waals surface area (Å²) < 4.78 is 17.5. The van der Waals surface area contributed by atoms with Crippen molar-refractivity contribution in [1.29, 1.82) is 0 Å². The van der Waals surface area contributed by atoms with E-state index < -0.39 is 6.10 Å². The third kappa shape index (κ3) is 6.48. The first kappa shape index (κ1) is 24.9. The average molecular weight is 470 g/mol. The third-order valence-corrected chi connectivity index (χ3v) is 6.76. The predicted octanol–water partition coefficient (Wildman–Crippen LogP) is 4.26. The van der Waals surface area contributed by atoms with Gasteiger partial charge in [0.05, 0.1) is 31.0 Å². The molecule has 0 amide bonds. The van der Waals surface area contributed by atoms with E-state index in [-0.39, 0.29) is 12.7 Å². The lowest BCUT2D eigenvalue weighted by molar-refractivity contribution is 0.00858. The maximum absolute atomic E-state index is 10.7. The van der Waals surface area contributed by atoms with Crippen molar-refractivity contribution < 1.29 is 19.1 Å². The number of rotatable bonds is 12. The number of aliphatic hydroxyl groups excluding tert-OH is 1. The van der Waals surface area contributed by atoms with Crippen LogP contribution in [0.3, 0.4) is 0 Å². The second-order valence-corrected chi connectivity index (χ2v) is 9.53. The number of aliphatic hydroxyl groups is 1. The zero-order valence-electron chi connectivity index (χ0n) is 20.4. The Hall–Kier alpha value is -2.19. The van der Waals surface area contributed by atoms with Gasteiger partial charge in [0.2, 0.25) is 5.88 Å². The second-order valence-electron chi connectivity index (χ2n) is 9.53. The number of ether oxygens (including phenoxy) is 2. The molecule has 0 saturated carbocycles. The molecule has 7 heteroatoms. The second kappa shape index (κ2) is 12.5. The van der Waals surface area contributed by atoms with Gasteiger partial charge in [-0.15, -0.1) is 6.58 Å². The largest absolute Gasteiger partial charge is 0.389 e. The van der Waals surface area contributed by atoms with Crippen molar-refractivity contribution >= 4 is 5.88 Å². The van der Waals surface area contributed by atoms with Gasteiger partial charge in [-0.1, -0.05) is 41.6 Å². The first-order valence-corrected chi connectivity index (χ1v) is 12.7. The van der Waals surface area contributed by atoms with Crippen LogP contribution in [-0.2, 0) is 16.0 Å². The molecule has 1 aromatic carbocycles. The van der Waals surface area contributed by atoms with Gasteiger partial charge in [0.15, 0.2) is 0 Å². The van der Waals surface area contributed by atoms with E-state index in [1.54, 1.807) is 6.08 Å². The number of hydrogen-bond acceptors (Lipinski definition) is 7. The fraction of sp³-hybridized carbons (Fsp3) is 0.593. The summed E-state index contributed by atoms with van der Waals surface area (Å²) in [6.07, 6.45) is 6.97. The molecular weight excluding hydrogens is 430 g/mol. The van der Waals surface area contributed by atoms with Crippen LogP contribution in [0, 0.1) is 0 Å². The normalized spacial score (nSPS) is 21.8. The zero-order chi connectivity index (χ0) is 23.8. The van der Waals surface area contributed by atoms with E-state index >= 15 is 0 Å². The average Bonchev–Trinajstić information content (AvgIpc) is 3.50. The molecule has 0 radical (unpaired) electrons. The van der Waals surface area contributed by atoms with Crippen molar-refractivity contribution in [1.82, 2.24) is 10.1 Å². The van der Waals surface area contributed by atoms with Gasteiger partial charge in [-0.25, -0.2) is 0 Å². The quantitative estimate of drug-likeness (QED) is 0.368. The minimum absolute atomic E-state index is 0.179. The van der Waals surface area contributed by atoms with Gasteiger partial charge >= 0.3 is 0 Å². The predicted molar refractivity (Wildman–Crippen MR) is 134 cm³/mol. The number of aromatic nitrogens is 1. The molecule has 2 saturated heterocycles. The van der Waals surface area contributed by atoms with Crippen molar-refractivity contribution in [2.75, 3.05) is 44.4 Å². The highest BCUT2D eigenvalue weighted by Crippen LogP contribution is 2.35. The molecule has 0 bridgehead atoms. The molecule has 3 heterocycles. The van der Waals surface area contributed by atoms with Crippen molar-refractivity contribution in [3.63, 3.8) is 0 Å². The van der Waals surface area contributed by atoms with E-state index in [2.05, 4.69) is 40.6 Å². The van der Waals surface area contributed by atoms with Crippen LogP contribution in [0.1, 0.15) is 44.6 Å². The summed E-state index contributed by atoms with van der Waals surface area (Å²) in [5.41, 5.74) is 3.00. The molecule has 3 unspecified atom stereocenters. The minimum Gasteiger partial charge on any atom is -0.389 e. The van der Waals surface area contributed by atoms with Gasteiger partial charge in [0.1, 0.15) is 5.69 Å². The van der Waals surface area contributed by atoms with Crippen LogP contribution in [0.15, 0.2) is 47.5 Å². The molecule has 186 valence electrons. The van der Waals surface area contributed by atoms with Gasteiger partial charge in [-0.2, -0.15) is 0 Å². The minimum atomic E-state index is -0.598. The van der Waals surface area contributed by atoms with Gasteiger partial charge in [-0.3, -0.25) is 4.90 Å². The zero-order valence-corrected chi connectivity index (χ0v) is 20.4. The molecule has 1 N–H and O–H groups in total. The molecule has 4 rings (SSSR count). The van der Waals surface area contributed by atoms with E-state index in [4.69, 9.17) is 14.0 Å². The SMILES string of the molecule is C=CCOCC(O)CN(Cc1c(-c2ccccc2)noc1N1CCCCC1C)CC1CCCO1. The van der Waals surface area contributed by atoms with Crippen LogP contribution in [0.25, 0.3) is 11.3 Å². The van der Waals surface area contributed by atoms with Crippen LogP contribution >= 0.6 is 0 Å². The van der Waals surface area contributed by atoms with E-state index in [0.29, 0.717) is 25.7 Å². The smallest absolute Gasteiger partial charge is 0.232 e. The summed E-state index contributed by atoms with van der Waals surface area (Å²) in [4.78, 5) is 4.64. The van der Waals surface area contributed by atoms with E-state index in [9.17, 15) is 5.11 Å². The van der Waals surface area contributed by atoms with Crippen LogP contribution in [0.2, 0.25) is 0 Å². The lowest BCUT2D eigenvalue weighted by Gasteiger charge is -2.34. The molecule has 0 aliphatic carbocycles. The topological polar surface area (TPSA) is 71.2 Å². The van der Waals surface area contributed by atoms with E-state index in [1.807, 2.05) is 18.2 Å². The summed E-state index contributed by atoms with van der Waals surface area (Å²) in [6.45, 7) is 10.3. The number of nitrogens with zero attached hydrogens (tertiary/aromatic N) is 3. The number of piperidine rings is 1. The first-order chi connectivity index (χ1) is 16.7. The van der Waals surface area contributed by atoms with Gasteiger partial charge in [0.25, 0.3) is 0 Å². The fourth-order valence-corrected chi connectivity index (χ4v) is 5.03. The van der Waals surface area contributed by atoms with Crippen LogP contribution in [0.5, 0.6) is 0 Å². The highest BCUT2D eigenvalue weighted by atomic mass is 16.5. The number of hydrogen-bond donors (Lipinski definition) is 1. The molecule has 1 aromatic heterocycles. The van der Waals surface area contributed by atoms with E-state index in [1.165, 1.54) is 6.42 Å². The van der Waals surface area contributed by atoms with Crippen molar-refractivity contribution in [2.24, 2.45) is 0 Å². The summed E-state index contributed by atoms with van der Waals surface area (Å²) in [5, 5.41) is 15.3. The van der Waals surface area contributed by atoms with Gasteiger partial charge in [-0.05, 0) is 39.0 Å². The molecule has 34 heavy (non-hydrogen) atoms. The summed E-state index contributed by atoms with van der Waals surface area (Å²) in [6, 6.07) is 10.6. The summed E-state index contributed by atoms with van der Waals surface area (Å²) in [7, 11) is 0. The van der Waals surface area contributed by atoms with Gasteiger partial charge < -0.3 is 24.0 Å². The fourth-order valence-electron chi connectivity index (χ4n) is 5.03. The first-order valence-electron chi connectivity index (χ1n) is 12.7. The molecule has 2 aromatic rings. The Kier molecular flexibility index (Phi) is 9.16. The summed E-state index contributed by atoms with van der Waals surface area (Å²) >= 11 is 0. The highest BCUT2D eigenvalue weighted by molar-refractivity contribution is 5.68. The molecule has 2 aliphatic heterocycles. The van der Waals surface area contributed by atoms with Crippen molar-refractivity contribution in [2.45, 2.75) is 63.8 Å². The molecule has 0 spiro atoms. The Morgan fingerprint density at radius 3 is 2.85 bits per heavy atom. The van der Waals surface area contributed by atoms with Crippen LogP contribution in [-0.4, -0.2) is 72.9 Å². The van der Waals surface area contributed by atoms with Crippen molar-refractivity contribution in [3.05, 3.63) is 48.6 Å². The molecule has 2 aliphatic rings. The number of anilines is 1. The third-order valence-electron chi connectivity index (χ3n) is 6.76.